The Kier molecular flexibility index (Phi) is 4.91. The van der Waals surface area contributed by atoms with Crippen molar-refractivity contribution < 1.29 is 10.2 Å². The zero-order valence-corrected chi connectivity index (χ0v) is 10.4. The first kappa shape index (κ1) is 13.1. The number of nitrogens with one attached hydrogen (secondary N) is 1. The van der Waals surface area contributed by atoms with E-state index >= 15 is 0 Å². The number of aliphatic hydroxyl groups is 2. The Hall–Kier alpha value is -0.920. The zero-order valence-electron chi connectivity index (χ0n) is 8.85. The smallest absolute Gasteiger partial charge is 0.283 e. The highest BCUT2D eigenvalue weighted by Gasteiger charge is 2.09. The van der Waals surface area contributed by atoms with Gasteiger partial charge in [-0.15, -0.1) is 0 Å². The van der Waals surface area contributed by atoms with Gasteiger partial charge in [0, 0.05) is 13.1 Å². The van der Waals surface area contributed by atoms with Crippen molar-refractivity contribution in [3.63, 3.8) is 0 Å². The second-order valence-corrected chi connectivity index (χ2v) is 4.00. The van der Waals surface area contributed by atoms with Crippen LogP contribution in [0.15, 0.2) is 15.5 Å². The molecular weight excluding hydrogens is 278 g/mol. The normalized spacial score (nSPS) is 12.5. The van der Waals surface area contributed by atoms with Crippen LogP contribution in [-0.2, 0) is 6.54 Å². The molecule has 1 unspecified atom stereocenters. The van der Waals surface area contributed by atoms with E-state index in [2.05, 4.69) is 26.3 Å². The Morgan fingerprint density at radius 1 is 1.69 bits per heavy atom. The quantitative estimate of drug-likeness (QED) is 0.699. The number of halogens is 1. The number of hydrogen-bond donors (Lipinski definition) is 3. The summed E-state index contributed by atoms with van der Waals surface area (Å²) >= 11 is 3.16. The summed E-state index contributed by atoms with van der Waals surface area (Å²) in [6.45, 7) is 2.15. The standard InChI is InChI=1S/C9H14BrN3O3/c1-2-13-9(16)8(10)7(4-12-13)11-3-6(15)5-14/h4,6,11,14-15H,2-3,5H2,1H3. The number of aromatic nitrogens is 2. The van der Waals surface area contributed by atoms with Gasteiger partial charge >= 0.3 is 0 Å². The maximum atomic E-state index is 11.6. The summed E-state index contributed by atoms with van der Waals surface area (Å²) < 4.78 is 1.69. The second kappa shape index (κ2) is 5.97. The zero-order chi connectivity index (χ0) is 12.1. The first-order valence-electron chi connectivity index (χ1n) is 4.88. The molecule has 0 saturated carbocycles. The van der Waals surface area contributed by atoms with Gasteiger partial charge in [-0.1, -0.05) is 0 Å². The maximum absolute atomic E-state index is 11.6. The Balaban J connectivity index is 2.83. The van der Waals surface area contributed by atoms with Crippen molar-refractivity contribution >= 4 is 21.6 Å². The van der Waals surface area contributed by atoms with Gasteiger partial charge in [0.25, 0.3) is 5.56 Å². The van der Waals surface area contributed by atoms with Crippen LogP contribution in [0.3, 0.4) is 0 Å². The lowest BCUT2D eigenvalue weighted by Crippen LogP contribution is -2.27. The van der Waals surface area contributed by atoms with Gasteiger partial charge in [-0.25, -0.2) is 4.68 Å². The summed E-state index contributed by atoms with van der Waals surface area (Å²) in [5, 5.41) is 24.5. The SMILES string of the molecule is CCn1ncc(NCC(O)CO)c(Br)c1=O. The Labute approximate surface area is 101 Å². The molecule has 3 N–H and O–H groups in total. The summed E-state index contributed by atoms with van der Waals surface area (Å²) in [6, 6.07) is 0. The third-order valence-electron chi connectivity index (χ3n) is 2.02. The molecule has 1 aromatic heterocycles. The van der Waals surface area contributed by atoms with E-state index in [1.807, 2.05) is 6.92 Å². The van der Waals surface area contributed by atoms with Crippen molar-refractivity contribution in [1.82, 2.24) is 9.78 Å². The van der Waals surface area contributed by atoms with Gasteiger partial charge in [0.05, 0.1) is 24.6 Å². The molecule has 0 aliphatic rings. The van der Waals surface area contributed by atoms with Crippen molar-refractivity contribution in [3.8, 4) is 0 Å². The average Bonchev–Trinajstić information content (AvgIpc) is 2.30. The van der Waals surface area contributed by atoms with Crippen molar-refractivity contribution in [2.24, 2.45) is 0 Å². The molecule has 16 heavy (non-hydrogen) atoms. The molecule has 0 aliphatic heterocycles. The summed E-state index contributed by atoms with van der Waals surface area (Å²) in [7, 11) is 0. The van der Waals surface area contributed by atoms with Gasteiger partial charge in [0.15, 0.2) is 0 Å². The molecule has 0 aromatic carbocycles. The first-order chi connectivity index (χ1) is 7.60. The second-order valence-electron chi connectivity index (χ2n) is 3.21. The minimum Gasteiger partial charge on any atom is -0.394 e. The van der Waals surface area contributed by atoms with Crippen molar-refractivity contribution in [3.05, 3.63) is 21.0 Å². The predicted octanol–water partition coefficient (Wildman–Crippen LogP) is -0.209. The molecule has 90 valence electrons. The van der Waals surface area contributed by atoms with Gasteiger partial charge in [0.1, 0.15) is 4.47 Å². The number of aliphatic hydroxyl groups excluding tert-OH is 2. The van der Waals surface area contributed by atoms with Crippen molar-refractivity contribution in [2.75, 3.05) is 18.5 Å². The molecular formula is C9H14BrN3O3. The van der Waals surface area contributed by atoms with Gasteiger partial charge in [-0.2, -0.15) is 5.10 Å². The highest BCUT2D eigenvalue weighted by molar-refractivity contribution is 9.10. The van der Waals surface area contributed by atoms with Crippen molar-refractivity contribution in [1.29, 1.82) is 0 Å². The molecule has 1 heterocycles. The minimum absolute atomic E-state index is 0.159. The van der Waals surface area contributed by atoms with Crippen LogP contribution in [0.4, 0.5) is 5.69 Å². The van der Waals surface area contributed by atoms with E-state index < -0.39 is 6.10 Å². The van der Waals surface area contributed by atoms with E-state index in [1.165, 1.54) is 10.9 Å². The predicted molar refractivity (Wildman–Crippen MR) is 63.5 cm³/mol. The van der Waals surface area contributed by atoms with Gasteiger partial charge in [0.2, 0.25) is 0 Å². The van der Waals surface area contributed by atoms with E-state index in [0.717, 1.165) is 0 Å². The summed E-state index contributed by atoms with van der Waals surface area (Å²) in [6.07, 6.45) is 0.638. The monoisotopic (exact) mass is 291 g/mol. The number of anilines is 1. The molecule has 6 nitrogen and oxygen atoms in total. The van der Waals surface area contributed by atoms with Crippen molar-refractivity contribution in [2.45, 2.75) is 19.6 Å². The van der Waals surface area contributed by atoms with Gasteiger partial charge in [-0.3, -0.25) is 4.79 Å². The van der Waals surface area contributed by atoms with E-state index in [4.69, 9.17) is 10.2 Å². The fraction of sp³-hybridized carbons (Fsp3) is 0.556. The van der Waals surface area contributed by atoms with Crippen LogP contribution in [0.2, 0.25) is 0 Å². The third-order valence-corrected chi connectivity index (χ3v) is 2.79. The van der Waals surface area contributed by atoms with Gasteiger partial charge in [-0.05, 0) is 22.9 Å². The van der Waals surface area contributed by atoms with E-state index in [0.29, 0.717) is 16.7 Å². The topological polar surface area (TPSA) is 87.4 Å². The lowest BCUT2D eigenvalue weighted by atomic mass is 10.3. The molecule has 1 aromatic rings. The number of aryl methyl sites for hydroxylation is 1. The average molecular weight is 292 g/mol. The largest absolute Gasteiger partial charge is 0.394 e. The van der Waals surface area contributed by atoms with E-state index in [1.54, 1.807) is 0 Å². The molecule has 1 rings (SSSR count). The number of rotatable bonds is 5. The molecule has 0 saturated heterocycles. The van der Waals surface area contributed by atoms with Crippen LogP contribution < -0.4 is 10.9 Å². The third kappa shape index (κ3) is 3.03. The van der Waals surface area contributed by atoms with Crippen LogP contribution in [0.5, 0.6) is 0 Å². The molecule has 0 amide bonds. The number of hydrogen-bond acceptors (Lipinski definition) is 5. The van der Waals surface area contributed by atoms with E-state index in [-0.39, 0.29) is 18.7 Å². The highest BCUT2D eigenvalue weighted by atomic mass is 79.9. The lowest BCUT2D eigenvalue weighted by molar-refractivity contribution is 0.105. The fourth-order valence-corrected chi connectivity index (χ4v) is 1.55. The first-order valence-corrected chi connectivity index (χ1v) is 5.67. The van der Waals surface area contributed by atoms with Crippen LogP contribution in [-0.4, -0.2) is 39.2 Å². The summed E-state index contributed by atoms with van der Waals surface area (Å²) in [5.74, 6) is 0. The van der Waals surface area contributed by atoms with Crippen LogP contribution in [0, 0.1) is 0 Å². The molecule has 0 aliphatic carbocycles. The molecule has 0 radical (unpaired) electrons. The Morgan fingerprint density at radius 2 is 2.38 bits per heavy atom. The number of nitrogens with zero attached hydrogens (tertiary/aromatic N) is 2. The summed E-state index contributed by atoms with van der Waals surface area (Å²) in [5.41, 5.74) is 0.271. The molecule has 7 heteroatoms. The van der Waals surface area contributed by atoms with Gasteiger partial charge < -0.3 is 15.5 Å². The lowest BCUT2D eigenvalue weighted by Gasteiger charge is -2.11. The molecule has 0 bridgehead atoms. The van der Waals surface area contributed by atoms with Crippen LogP contribution in [0.1, 0.15) is 6.92 Å². The summed E-state index contributed by atoms with van der Waals surface area (Å²) in [4.78, 5) is 11.6. The highest BCUT2D eigenvalue weighted by Crippen LogP contribution is 2.15. The molecule has 0 fully saturated rings. The molecule has 0 spiro atoms. The van der Waals surface area contributed by atoms with Crippen LogP contribution in [0.25, 0.3) is 0 Å². The minimum atomic E-state index is -0.861. The molecule has 1 atom stereocenters. The Bertz CT molecular complexity index is 407. The van der Waals surface area contributed by atoms with E-state index in [9.17, 15) is 4.79 Å². The Morgan fingerprint density at radius 3 is 2.94 bits per heavy atom. The maximum Gasteiger partial charge on any atom is 0.283 e. The fourth-order valence-electron chi connectivity index (χ4n) is 1.11. The van der Waals surface area contributed by atoms with Crippen LogP contribution >= 0.6 is 15.9 Å².